The lowest BCUT2D eigenvalue weighted by Crippen LogP contribution is -2.29. The van der Waals surface area contributed by atoms with E-state index in [-0.39, 0.29) is 4.87 Å². The topological polar surface area (TPSA) is 12.0 Å². The minimum absolute atomic E-state index is 0.310. The summed E-state index contributed by atoms with van der Waals surface area (Å²) in [6, 6.07) is 27.1. The molecule has 0 aromatic heterocycles. The van der Waals surface area contributed by atoms with Gasteiger partial charge in [-0.15, -0.1) is 0 Å². The third-order valence-electron chi connectivity index (χ3n) is 3.89. The van der Waals surface area contributed by atoms with Crippen LogP contribution in [0.4, 0.5) is 5.69 Å². The molecule has 1 heterocycles. The van der Waals surface area contributed by atoms with Gasteiger partial charge in [-0.05, 0) is 35.4 Å². The number of halogens is 1. The lowest BCUT2D eigenvalue weighted by Gasteiger charge is -2.30. The van der Waals surface area contributed by atoms with E-state index in [0.29, 0.717) is 0 Å². The van der Waals surface area contributed by atoms with Gasteiger partial charge >= 0.3 is 0 Å². The fraction of sp³-hybridized carbons (Fsp3) is 0.0526. The molecule has 0 fully saturated rings. The SMILES string of the molecule is Clc1ccc(C2(c3ccccc3)Nc3ccccc3S2)cc1. The van der Waals surface area contributed by atoms with Crippen molar-refractivity contribution in [2.75, 3.05) is 5.32 Å². The molecule has 0 saturated heterocycles. The van der Waals surface area contributed by atoms with Gasteiger partial charge in [-0.25, -0.2) is 0 Å². The van der Waals surface area contributed by atoms with Gasteiger partial charge in [0.15, 0.2) is 0 Å². The first-order valence-corrected chi connectivity index (χ1v) is 8.35. The molecule has 3 heteroatoms. The van der Waals surface area contributed by atoms with Crippen molar-refractivity contribution in [3.63, 3.8) is 0 Å². The van der Waals surface area contributed by atoms with E-state index >= 15 is 0 Å². The molecule has 0 amide bonds. The Morgan fingerprint density at radius 3 is 2.09 bits per heavy atom. The quantitative estimate of drug-likeness (QED) is 0.643. The third-order valence-corrected chi connectivity index (χ3v) is 5.60. The van der Waals surface area contributed by atoms with Crippen LogP contribution in [0, 0.1) is 0 Å². The number of fused-ring (bicyclic) bond motifs is 1. The second kappa shape index (κ2) is 5.38. The number of hydrogen-bond donors (Lipinski definition) is 1. The van der Waals surface area contributed by atoms with E-state index in [9.17, 15) is 0 Å². The zero-order valence-corrected chi connectivity index (χ0v) is 13.4. The van der Waals surface area contributed by atoms with E-state index in [0.717, 1.165) is 5.02 Å². The zero-order chi connectivity index (χ0) is 15.0. The largest absolute Gasteiger partial charge is 0.362 e. The summed E-state index contributed by atoms with van der Waals surface area (Å²) in [7, 11) is 0. The third kappa shape index (κ3) is 2.20. The van der Waals surface area contributed by atoms with E-state index in [2.05, 4.69) is 66.0 Å². The highest BCUT2D eigenvalue weighted by Gasteiger charge is 2.40. The van der Waals surface area contributed by atoms with Gasteiger partial charge in [0.1, 0.15) is 4.87 Å². The summed E-state index contributed by atoms with van der Waals surface area (Å²) < 4.78 is 0. The Labute approximate surface area is 139 Å². The van der Waals surface area contributed by atoms with Crippen LogP contribution < -0.4 is 5.32 Å². The second-order valence-corrected chi connectivity index (χ2v) is 6.97. The average molecular weight is 324 g/mol. The molecule has 0 aliphatic carbocycles. The predicted octanol–water partition coefficient (Wildman–Crippen LogP) is 5.76. The number of para-hydroxylation sites is 1. The number of hydrogen-bond acceptors (Lipinski definition) is 2. The van der Waals surface area contributed by atoms with Crippen LogP contribution in [0.1, 0.15) is 11.1 Å². The van der Waals surface area contributed by atoms with Gasteiger partial charge in [0.2, 0.25) is 0 Å². The lowest BCUT2D eigenvalue weighted by atomic mass is 9.97. The van der Waals surface area contributed by atoms with Crippen molar-refractivity contribution in [1.29, 1.82) is 0 Å². The lowest BCUT2D eigenvalue weighted by molar-refractivity contribution is 0.873. The molecule has 0 bridgehead atoms. The van der Waals surface area contributed by atoms with Crippen LogP contribution >= 0.6 is 23.4 Å². The maximum atomic E-state index is 6.07. The van der Waals surface area contributed by atoms with Gasteiger partial charge < -0.3 is 5.32 Å². The van der Waals surface area contributed by atoms with E-state index in [1.165, 1.54) is 21.7 Å². The summed E-state index contributed by atoms with van der Waals surface area (Å²) >= 11 is 7.91. The Morgan fingerprint density at radius 2 is 1.36 bits per heavy atom. The number of rotatable bonds is 2. The Kier molecular flexibility index (Phi) is 3.36. The molecular formula is C19H14ClNS. The Bertz CT molecular complexity index is 774. The van der Waals surface area contributed by atoms with Crippen molar-refractivity contribution in [1.82, 2.24) is 0 Å². The number of anilines is 1. The second-order valence-electron chi connectivity index (χ2n) is 5.28. The van der Waals surface area contributed by atoms with Gasteiger partial charge in [-0.1, -0.05) is 78.0 Å². The van der Waals surface area contributed by atoms with Crippen molar-refractivity contribution in [2.24, 2.45) is 0 Å². The summed E-state index contributed by atoms with van der Waals surface area (Å²) in [5, 5.41) is 4.48. The highest BCUT2D eigenvalue weighted by Crippen LogP contribution is 2.54. The molecule has 1 aliphatic heterocycles. The molecule has 0 spiro atoms. The molecule has 1 nitrogen and oxygen atoms in total. The Hall–Kier alpha value is -1.90. The molecular weight excluding hydrogens is 310 g/mol. The summed E-state index contributed by atoms with van der Waals surface area (Å²) in [4.78, 5) is 0.955. The maximum absolute atomic E-state index is 6.07. The van der Waals surface area contributed by atoms with Gasteiger partial charge in [-0.2, -0.15) is 0 Å². The molecule has 1 N–H and O–H groups in total. The maximum Gasteiger partial charge on any atom is 0.140 e. The number of nitrogens with one attached hydrogen (secondary N) is 1. The summed E-state index contributed by atoms with van der Waals surface area (Å²) in [5.41, 5.74) is 3.61. The van der Waals surface area contributed by atoms with Crippen LogP contribution in [0.5, 0.6) is 0 Å². The van der Waals surface area contributed by atoms with E-state index in [1.807, 2.05) is 30.0 Å². The fourth-order valence-electron chi connectivity index (χ4n) is 2.83. The van der Waals surface area contributed by atoms with Crippen LogP contribution in [-0.2, 0) is 4.87 Å². The smallest absolute Gasteiger partial charge is 0.140 e. The van der Waals surface area contributed by atoms with Crippen molar-refractivity contribution in [3.05, 3.63) is 95.0 Å². The molecule has 3 aromatic carbocycles. The van der Waals surface area contributed by atoms with Crippen molar-refractivity contribution >= 4 is 29.1 Å². The van der Waals surface area contributed by atoms with Crippen LogP contribution in [-0.4, -0.2) is 0 Å². The van der Waals surface area contributed by atoms with Gasteiger partial charge in [-0.3, -0.25) is 0 Å². The molecule has 1 aliphatic rings. The summed E-state index contributed by atoms with van der Waals surface area (Å²) in [6.07, 6.45) is 0. The van der Waals surface area contributed by atoms with Crippen LogP contribution in [0.15, 0.2) is 83.8 Å². The predicted molar refractivity (Wildman–Crippen MR) is 94.6 cm³/mol. The Balaban J connectivity index is 1.89. The van der Waals surface area contributed by atoms with Crippen LogP contribution in [0.25, 0.3) is 0 Å². The average Bonchev–Trinajstić information content (AvgIpc) is 2.97. The van der Waals surface area contributed by atoms with E-state index in [1.54, 1.807) is 0 Å². The van der Waals surface area contributed by atoms with Gasteiger partial charge in [0.05, 0.1) is 0 Å². The van der Waals surface area contributed by atoms with Gasteiger partial charge in [0.25, 0.3) is 0 Å². The molecule has 4 rings (SSSR count). The molecule has 0 saturated carbocycles. The monoisotopic (exact) mass is 323 g/mol. The summed E-state index contributed by atoms with van der Waals surface area (Å²) in [5.74, 6) is 0. The molecule has 108 valence electrons. The minimum Gasteiger partial charge on any atom is -0.362 e. The Morgan fingerprint density at radius 1 is 0.727 bits per heavy atom. The van der Waals surface area contributed by atoms with E-state index in [4.69, 9.17) is 11.6 Å². The fourth-order valence-corrected chi connectivity index (χ4v) is 4.33. The highest BCUT2D eigenvalue weighted by molar-refractivity contribution is 8.01. The summed E-state index contributed by atoms with van der Waals surface area (Å²) in [6.45, 7) is 0. The first kappa shape index (κ1) is 13.7. The zero-order valence-electron chi connectivity index (χ0n) is 11.8. The van der Waals surface area contributed by atoms with Gasteiger partial charge in [0, 0.05) is 15.6 Å². The minimum atomic E-state index is -0.310. The normalized spacial score (nSPS) is 19.5. The number of thioether (sulfide) groups is 1. The molecule has 1 atom stereocenters. The molecule has 22 heavy (non-hydrogen) atoms. The highest BCUT2D eigenvalue weighted by atomic mass is 35.5. The van der Waals surface area contributed by atoms with Crippen molar-refractivity contribution in [3.8, 4) is 0 Å². The van der Waals surface area contributed by atoms with E-state index < -0.39 is 0 Å². The molecule has 3 aromatic rings. The first-order valence-electron chi connectivity index (χ1n) is 7.16. The van der Waals surface area contributed by atoms with Crippen LogP contribution in [0.2, 0.25) is 5.02 Å². The van der Waals surface area contributed by atoms with Crippen LogP contribution in [0.3, 0.4) is 0 Å². The standard InChI is InChI=1S/C19H14ClNS/c20-16-12-10-15(11-13-16)19(14-6-2-1-3-7-14)21-17-8-4-5-9-18(17)22-19/h1-13,21H. The number of benzene rings is 3. The molecule has 1 unspecified atom stereocenters. The van der Waals surface area contributed by atoms with Crippen molar-refractivity contribution < 1.29 is 0 Å². The molecule has 0 radical (unpaired) electrons. The van der Waals surface area contributed by atoms with Crippen molar-refractivity contribution in [2.45, 2.75) is 9.77 Å². The first-order chi connectivity index (χ1) is 10.8.